The van der Waals surface area contributed by atoms with Crippen LogP contribution in [0.25, 0.3) is 0 Å². The fourth-order valence-electron chi connectivity index (χ4n) is 11.4. The summed E-state index contributed by atoms with van der Waals surface area (Å²) in [5.41, 5.74) is 0. The van der Waals surface area contributed by atoms with Gasteiger partial charge in [0, 0.05) is 12.8 Å². The Morgan fingerprint density at radius 1 is 0.351 bits per heavy atom. The van der Waals surface area contributed by atoms with Crippen molar-refractivity contribution in [3.8, 4) is 0 Å². The molecule has 0 bridgehead atoms. The molecule has 0 radical (unpaired) electrons. The number of aliphatic hydroxyl groups is 2. The van der Waals surface area contributed by atoms with Gasteiger partial charge in [-0.2, -0.15) is 0 Å². The molecule has 458 valence electrons. The van der Waals surface area contributed by atoms with E-state index < -0.39 is 12.1 Å². The second kappa shape index (κ2) is 67.1. The molecule has 6 heteroatoms. The van der Waals surface area contributed by atoms with Crippen molar-refractivity contribution in [2.45, 2.75) is 418 Å². The highest BCUT2D eigenvalue weighted by Gasteiger charge is 2.18. The number of unbranched alkanes of at least 4 members (excludes halogenated alkanes) is 56. The topological polar surface area (TPSA) is 95.9 Å². The van der Waals surface area contributed by atoms with Gasteiger partial charge in [-0.15, -0.1) is 0 Å². The van der Waals surface area contributed by atoms with Crippen LogP contribution in [0.3, 0.4) is 0 Å². The van der Waals surface area contributed by atoms with Gasteiger partial charge in [-0.05, 0) is 32.1 Å². The molecule has 0 heterocycles. The summed E-state index contributed by atoms with van der Waals surface area (Å²) < 4.78 is 5.50. The number of amides is 1. The number of allylic oxidation sites excluding steroid dienone is 1. The Kier molecular flexibility index (Phi) is 65.9. The van der Waals surface area contributed by atoms with Gasteiger partial charge in [0.15, 0.2) is 0 Å². The van der Waals surface area contributed by atoms with Crippen LogP contribution in [0, 0.1) is 0 Å². The van der Waals surface area contributed by atoms with Crippen molar-refractivity contribution >= 4 is 11.9 Å². The Labute approximate surface area is 482 Å². The predicted molar refractivity (Wildman–Crippen MR) is 338 cm³/mol. The van der Waals surface area contributed by atoms with Crippen LogP contribution in [-0.2, 0) is 14.3 Å². The summed E-state index contributed by atoms with van der Waals surface area (Å²) >= 11 is 0. The van der Waals surface area contributed by atoms with Crippen LogP contribution in [-0.4, -0.2) is 47.4 Å². The van der Waals surface area contributed by atoms with E-state index in [2.05, 4.69) is 19.2 Å². The van der Waals surface area contributed by atoms with Gasteiger partial charge in [0.05, 0.1) is 25.4 Å². The highest BCUT2D eigenvalue weighted by atomic mass is 16.5. The summed E-state index contributed by atoms with van der Waals surface area (Å²) in [6, 6.07) is -0.624. The van der Waals surface area contributed by atoms with Gasteiger partial charge < -0.3 is 20.3 Å². The average Bonchev–Trinajstić information content (AvgIpc) is 3.43. The molecule has 0 fully saturated rings. The first-order chi connectivity index (χ1) is 38.0. The molecule has 2 atom stereocenters. The molecule has 0 aromatic heterocycles. The molecule has 3 N–H and O–H groups in total. The lowest BCUT2D eigenvalue weighted by atomic mass is 10.0. The molecule has 0 aliphatic carbocycles. The van der Waals surface area contributed by atoms with Crippen LogP contribution >= 0.6 is 0 Å². The number of aliphatic hydroxyl groups excluding tert-OH is 2. The van der Waals surface area contributed by atoms with E-state index in [1.807, 2.05) is 6.08 Å². The Morgan fingerprint density at radius 3 is 0.883 bits per heavy atom. The largest absolute Gasteiger partial charge is 0.466 e. The molecular formula is C71H139NO5. The Balaban J connectivity index is 3.33. The number of carbonyl (C=O) groups is 2. The first-order valence-electron chi connectivity index (χ1n) is 35.5. The minimum atomic E-state index is -0.841. The molecule has 2 unspecified atom stereocenters. The van der Waals surface area contributed by atoms with E-state index >= 15 is 0 Å². The van der Waals surface area contributed by atoms with E-state index in [9.17, 15) is 19.8 Å². The second-order valence-corrected chi connectivity index (χ2v) is 24.6. The summed E-state index contributed by atoms with van der Waals surface area (Å²) in [6.07, 6.45) is 83.0. The molecule has 0 saturated carbocycles. The van der Waals surface area contributed by atoms with Crippen molar-refractivity contribution in [1.29, 1.82) is 0 Å². The van der Waals surface area contributed by atoms with Gasteiger partial charge in [-0.3, -0.25) is 9.59 Å². The number of esters is 1. The Hall–Kier alpha value is -1.40. The summed E-state index contributed by atoms with van der Waals surface area (Å²) in [5, 5.41) is 23.2. The molecule has 0 saturated heterocycles. The van der Waals surface area contributed by atoms with Crippen molar-refractivity contribution in [2.24, 2.45) is 0 Å². The second-order valence-electron chi connectivity index (χ2n) is 24.6. The van der Waals surface area contributed by atoms with Gasteiger partial charge in [-0.25, -0.2) is 0 Å². The summed E-state index contributed by atoms with van der Waals surface area (Å²) in [4.78, 5) is 24.6. The fourth-order valence-corrected chi connectivity index (χ4v) is 11.4. The van der Waals surface area contributed by atoms with Crippen LogP contribution in [0.15, 0.2) is 12.2 Å². The highest BCUT2D eigenvalue weighted by Crippen LogP contribution is 2.19. The van der Waals surface area contributed by atoms with Gasteiger partial charge in [0.1, 0.15) is 0 Å². The molecular weight excluding hydrogens is 947 g/mol. The maximum Gasteiger partial charge on any atom is 0.305 e. The molecule has 77 heavy (non-hydrogen) atoms. The standard InChI is InChI=1S/C71H139NO5/c1-3-5-7-9-11-13-15-17-19-36-39-43-47-51-55-59-63-69(74)68(67-73)72-70(75)64-60-56-52-48-44-40-37-34-32-30-28-26-24-22-20-21-23-25-27-29-31-33-35-38-42-46-50-54-58-62-66-77-71(76)65-61-57-53-49-45-41-18-16-14-12-10-8-6-4-2/h59,63,68-69,73-74H,3-58,60-62,64-67H2,1-2H3,(H,72,75)/b63-59+. The first kappa shape index (κ1) is 75.6. The average molecular weight is 1090 g/mol. The number of nitrogens with one attached hydrogen (secondary N) is 1. The number of hydrogen-bond donors (Lipinski definition) is 3. The molecule has 0 aliphatic heterocycles. The number of rotatable bonds is 67. The monoisotopic (exact) mass is 1090 g/mol. The molecule has 1 amide bonds. The third kappa shape index (κ3) is 63.6. The minimum absolute atomic E-state index is 0.0229. The highest BCUT2D eigenvalue weighted by molar-refractivity contribution is 5.76. The van der Waals surface area contributed by atoms with Crippen LogP contribution in [0.4, 0.5) is 0 Å². The number of ether oxygens (including phenoxy) is 1. The number of hydrogen-bond acceptors (Lipinski definition) is 5. The summed E-state index contributed by atoms with van der Waals surface area (Å²) in [5.74, 6) is -0.0378. The van der Waals surface area contributed by atoms with Gasteiger partial charge in [-0.1, -0.05) is 373 Å². The van der Waals surface area contributed by atoms with E-state index in [4.69, 9.17) is 4.74 Å². The van der Waals surface area contributed by atoms with Crippen molar-refractivity contribution in [3.63, 3.8) is 0 Å². The van der Waals surface area contributed by atoms with Crippen molar-refractivity contribution in [1.82, 2.24) is 5.32 Å². The van der Waals surface area contributed by atoms with Crippen molar-refractivity contribution in [2.75, 3.05) is 13.2 Å². The van der Waals surface area contributed by atoms with Crippen LogP contribution < -0.4 is 5.32 Å². The SMILES string of the molecule is CCCCCCCCCCCCCCCC/C=C/C(O)C(CO)NC(=O)CCCCCCCCCCCCCCCCCCCCCCCCCCCCCCCCOC(=O)CCCCCCCCCCCCCCCC. The zero-order valence-electron chi connectivity index (χ0n) is 52.5. The smallest absolute Gasteiger partial charge is 0.305 e. The van der Waals surface area contributed by atoms with E-state index in [1.54, 1.807) is 6.08 Å². The molecule has 0 aromatic rings. The fraction of sp³-hybridized carbons (Fsp3) is 0.944. The molecule has 0 aliphatic rings. The third-order valence-electron chi connectivity index (χ3n) is 16.8. The lowest BCUT2D eigenvalue weighted by molar-refractivity contribution is -0.143. The Bertz CT molecular complexity index is 1160. The predicted octanol–water partition coefficient (Wildman–Crippen LogP) is 22.8. The number of carbonyl (C=O) groups excluding carboxylic acids is 2. The van der Waals surface area contributed by atoms with E-state index in [0.29, 0.717) is 19.4 Å². The van der Waals surface area contributed by atoms with Crippen LogP contribution in [0.2, 0.25) is 0 Å². The summed E-state index contributed by atoms with van der Waals surface area (Å²) in [7, 11) is 0. The van der Waals surface area contributed by atoms with Crippen LogP contribution in [0.1, 0.15) is 406 Å². The van der Waals surface area contributed by atoms with Crippen LogP contribution in [0.5, 0.6) is 0 Å². The Morgan fingerprint density at radius 2 is 0.597 bits per heavy atom. The minimum Gasteiger partial charge on any atom is -0.466 e. The zero-order chi connectivity index (χ0) is 55.7. The zero-order valence-corrected chi connectivity index (χ0v) is 52.5. The first-order valence-corrected chi connectivity index (χ1v) is 35.5. The summed E-state index contributed by atoms with van der Waals surface area (Å²) in [6.45, 7) is 4.95. The third-order valence-corrected chi connectivity index (χ3v) is 16.8. The van der Waals surface area contributed by atoms with E-state index in [-0.39, 0.29) is 18.5 Å². The quantitative estimate of drug-likeness (QED) is 0.0320. The van der Waals surface area contributed by atoms with E-state index in [0.717, 1.165) is 38.5 Å². The maximum atomic E-state index is 12.5. The van der Waals surface area contributed by atoms with Gasteiger partial charge in [0.25, 0.3) is 0 Å². The molecule has 0 aromatic carbocycles. The van der Waals surface area contributed by atoms with Gasteiger partial charge >= 0.3 is 5.97 Å². The molecule has 0 spiro atoms. The van der Waals surface area contributed by atoms with Crippen molar-refractivity contribution in [3.05, 3.63) is 12.2 Å². The molecule has 6 nitrogen and oxygen atoms in total. The normalized spacial score (nSPS) is 12.5. The lowest BCUT2D eigenvalue weighted by Crippen LogP contribution is -2.45. The molecule has 0 rings (SSSR count). The van der Waals surface area contributed by atoms with E-state index in [1.165, 1.54) is 340 Å². The van der Waals surface area contributed by atoms with Crippen molar-refractivity contribution < 1.29 is 24.5 Å². The van der Waals surface area contributed by atoms with Gasteiger partial charge in [0.2, 0.25) is 5.91 Å². The lowest BCUT2D eigenvalue weighted by Gasteiger charge is -2.20. The maximum absolute atomic E-state index is 12.5.